The zero-order valence-corrected chi connectivity index (χ0v) is 31.4. The van der Waals surface area contributed by atoms with E-state index in [4.69, 9.17) is 14.2 Å². The molecule has 11 nitrogen and oxygen atoms in total. The topological polar surface area (TPSA) is 121 Å². The van der Waals surface area contributed by atoms with Gasteiger partial charge in [-0.15, -0.1) is 5.10 Å². The van der Waals surface area contributed by atoms with Crippen LogP contribution in [0.3, 0.4) is 0 Å². The molecule has 0 bridgehead atoms. The van der Waals surface area contributed by atoms with Crippen LogP contribution in [0.15, 0.2) is 102 Å². The van der Waals surface area contributed by atoms with E-state index in [1.165, 1.54) is 16.9 Å². The van der Waals surface area contributed by atoms with Gasteiger partial charge in [-0.3, -0.25) is 18.8 Å². The van der Waals surface area contributed by atoms with E-state index in [0.29, 0.717) is 24.3 Å². The molecule has 3 aromatic carbocycles. The molecule has 270 valence electrons. The van der Waals surface area contributed by atoms with Gasteiger partial charge in [-0.25, -0.2) is 0 Å². The summed E-state index contributed by atoms with van der Waals surface area (Å²) < 4.78 is 21.4. The first-order chi connectivity index (χ1) is 25.0. The average molecular weight is 720 g/mol. The number of likely N-dealkylation sites (N-methyl/N-ethyl adjacent to an activating group) is 1. The molecule has 2 aliphatic rings. The lowest BCUT2D eigenvalue weighted by molar-refractivity contribution is -0.145. The molecular formula is C40H45N5O6Si. The van der Waals surface area contributed by atoms with E-state index < -0.39 is 13.7 Å². The van der Waals surface area contributed by atoms with Gasteiger partial charge in [-0.05, 0) is 60.0 Å². The second-order valence-corrected chi connectivity index (χ2v) is 19.0. The number of aryl methyl sites for hydroxylation is 1. The second kappa shape index (κ2) is 13.8. The normalized spacial score (nSPS) is 21.8. The van der Waals surface area contributed by atoms with Gasteiger partial charge in [0, 0.05) is 43.2 Å². The molecule has 52 heavy (non-hydrogen) atoms. The molecule has 2 aliphatic heterocycles. The fourth-order valence-corrected chi connectivity index (χ4v) is 12.6. The Morgan fingerprint density at radius 2 is 1.73 bits per heavy atom. The summed E-state index contributed by atoms with van der Waals surface area (Å²) >= 11 is 0. The van der Waals surface area contributed by atoms with Crippen molar-refractivity contribution in [2.75, 3.05) is 32.8 Å². The van der Waals surface area contributed by atoms with Gasteiger partial charge >= 0.3 is 0 Å². The lowest BCUT2D eigenvalue weighted by atomic mass is 9.82. The number of aliphatic hydroxyl groups is 1. The fraction of sp³-hybridized carbons (Fsp3) is 0.350. The summed E-state index contributed by atoms with van der Waals surface area (Å²) in [5, 5.41) is 20.4. The standard InChI is InChI=1S/C40H45N5O6Si/c1-26-37(52(5,6)30-17-15-29(49-3)16-18-30)35(20-22-44-24-33(41-42-44)31(25-46)27-11-8-7-9-12-27)51-40(26)32-23-28(14-19-34(32)43(2)39(40)48)45-21-10-13-36(50-4)38(45)47/h7-19,21,23-24,26,31,35,37,46H,20,22,25H2,1-6H3/t26-,31?,35+,37-,40+/m0/s1. The molecule has 0 saturated carbocycles. The van der Waals surface area contributed by atoms with Crippen molar-refractivity contribution < 1.29 is 24.1 Å². The number of pyridine rings is 1. The van der Waals surface area contributed by atoms with Gasteiger partial charge in [-0.2, -0.15) is 0 Å². The SMILES string of the molecule is COc1ccc([Si](C)(C)[C@@H]2[C@@H](CCn3cc(C(CO)c4ccccc4)nn3)O[C@]3(C(=O)N(C)c4ccc(-n5cccc(OC)c5=O)cc43)[C@H]2C)cc1. The first-order valence-corrected chi connectivity index (χ1v) is 20.7. The Morgan fingerprint density at radius 3 is 2.42 bits per heavy atom. The molecule has 1 saturated heterocycles. The minimum Gasteiger partial charge on any atom is -0.497 e. The van der Waals surface area contributed by atoms with Crippen molar-refractivity contribution in [3.8, 4) is 17.2 Å². The molecule has 1 fully saturated rings. The zero-order valence-electron chi connectivity index (χ0n) is 30.4. The summed E-state index contributed by atoms with van der Waals surface area (Å²) in [5.74, 6) is 0.406. The van der Waals surface area contributed by atoms with E-state index in [2.05, 4.69) is 42.5 Å². The maximum absolute atomic E-state index is 14.6. The molecule has 12 heteroatoms. The Hall–Kier alpha value is -5.04. The van der Waals surface area contributed by atoms with Crippen LogP contribution in [0.25, 0.3) is 5.69 Å². The summed E-state index contributed by atoms with van der Waals surface area (Å²) in [7, 11) is 2.55. The number of nitrogens with zero attached hydrogens (tertiary/aromatic N) is 5. The summed E-state index contributed by atoms with van der Waals surface area (Å²) in [4.78, 5) is 29.6. The minimum atomic E-state index is -2.38. The van der Waals surface area contributed by atoms with Crippen LogP contribution in [-0.2, 0) is 21.7 Å². The number of hydrogen-bond donors (Lipinski definition) is 1. The molecule has 4 heterocycles. The van der Waals surface area contributed by atoms with Gasteiger partial charge < -0.3 is 24.2 Å². The van der Waals surface area contributed by atoms with E-state index in [1.807, 2.05) is 71.5 Å². The highest BCUT2D eigenvalue weighted by Gasteiger charge is 2.65. The lowest BCUT2D eigenvalue weighted by Gasteiger charge is -2.37. The molecule has 2 aromatic heterocycles. The van der Waals surface area contributed by atoms with Crippen LogP contribution in [0, 0.1) is 5.92 Å². The first-order valence-electron chi connectivity index (χ1n) is 17.6. The van der Waals surface area contributed by atoms with E-state index in [9.17, 15) is 14.7 Å². The monoisotopic (exact) mass is 719 g/mol. The van der Waals surface area contributed by atoms with Gasteiger partial charge in [-0.1, -0.05) is 72.9 Å². The largest absolute Gasteiger partial charge is 0.497 e. The predicted molar refractivity (Wildman–Crippen MR) is 202 cm³/mol. The summed E-state index contributed by atoms with van der Waals surface area (Å²) in [6.45, 7) is 7.26. The third-order valence-electron chi connectivity index (χ3n) is 11.3. The van der Waals surface area contributed by atoms with Crippen LogP contribution in [0.2, 0.25) is 18.6 Å². The number of hydrogen-bond acceptors (Lipinski definition) is 8. The van der Waals surface area contributed by atoms with Crippen molar-refractivity contribution in [2.24, 2.45) is 5.92 Å². The Kier molecular flexibility index (Phi) is 9.40. The highest BCUT2D eigenvalue weighted by molar-refractivity contribution is 6.91. The van der Waals surface area contributed by atoms with E-state index in [-0.39, 0.29) is 47.3 Å². The summed E-state index contributed by atoms with van der Waals surface area (Å²) in [6, 6.07) is 27.2. The van der Waals surface area contributed by atoms with Crippen molar-refractivity contribution >= 4 is 24.9 Å². The first kappa shape index (κ1) is 35.4. The maximum atomic E-state index is 14.6. The van der Waals surface area contributed by atoms with Gasteiger partial charge in [0.25, 0.3) is 11.5 Å². The van der Waals surface area contributed by atoms with Crippen LogP contribution in [0.4, 0.5) is 5.69 Å². The quantitative estimate of drug-likeness (QED) is 0.193. The highest BCUT2D eigenvalue weighted by Crippen LogP contribution is 2.60. The van der Waals surface area contributed by atoms with Gasteiger partial charge in [0.1, 0.15) is 5.75 Å². The van der Waals surface area contributed by atoms with Crippen molar-refractivity contribution in [3.63, 3.8) is 0 Å². The Balaban J connectivity index is 1.28. The molecule has 5 atom stereocenters. The molecule has 1 spiro atoms. The molecule has 1 unspecified atom stereocenters. The van der Waals surface area contributed by atoms with Crippen LogP contribution < -0.4 is 25.1 Å². The number of methoxy groups -OCH3 is 2. The number of anilines is 1. The average Bonchev–Trinajstić information content (AvgIpc) is 3.82. The molecule has 7 rings (SSSR count). The van der Waals surface area contributed by atoms with Crippen LogP contribution in [-0.4, -0.2) is 72.6 Å². The Morgan fingerprint density at radius 1 is 0.981 bits per heavy atom. The molecule has 1 N–H and O–H groups in total. The van der Waals surface area contributed by atoms with Crippen molar-refractivity contribution in [3.05, 3.63) is 124 Å². The molecule has 5 aromatic rings. The molecule has 1 amide bonds. The Bertz CT molecular complexity index is 2130. The number of benzene rings is 3. The number of amides is 1. The Labute approximate surface area is 304 Å². The molecular weight excluding hydrogens is 675 g/mol. The minimum absolute atomic E-state index is 0.0184. The van der Waals surface area contributed by atoms with E-state index in [1.54, 1.807) is 37.4 Å². The number of carbonyl (C=O) groups excluding carboxylic acids is 1. The number of carbonyl (C=O) groups is 1. The smallest absolute Gasteiger partial charge is 0.297 e. The summed E-state index contributed by atoms with van der Waals surface area (Å²) in [5.41, 5.74) is 2.26. The van der Waals surface area contributed by atoms with Gasteiger partial charge in [0.2, 0.25) is 0 Å². The fourth-order valence-electron chi connectivity index (χ4n) is 8.56. The van der Waals surface area contributed by atoms with Crippen molar-refractivity contribution in [1.29, 1.82) is 0 Å². The third kappa shape index (κ3) is 5.75. The number of aliphatic hydroxyl groups excluding tert-OH is 1. The molecule has 0 aliphatic carbocycles. The zero-order chi connectivity index (χ0) is 36.8. The van der Waals surface area contributed by atoms with Crippen LogP contribution >= 0.6 is 0 Å². The lowest BCUT2D eigenvalue weighted by Crippen LogP contribution is -2.51. The maximum Gasteiger partial charge on any atom is 0.297 e. The number of fused-ring (bicyclic) bond motifs is 2. The summed E-state index contributed by atoms with van der Waals surface area (Å²) in [6.07, 6.45) is 3.88. The van der Waals surface area contributed by atoms with Crippen molar-refractivity contribution in [2.45, 2.75) is 56.1 Å². The number of aromatic nitrogens is 4. The van der Waals surface area contributed by atoms with Gasteiger partial charge in [0.15, 0.2) is 11.4 Å². The third-order valence-corrected chi connectivity index (χ3v) is 15.7. The predicted octanol–water partition coefficient (Wildman–Crippen LogP) is 4.85. The van der Waals surface area contributed by atoms with Crippen LogP contribution in [0.5, 0.6) is 11.5 Å². The number of rotatable bonds is 11. The van der Waals surface area contributed by atoms with Crippen LogP contribution in [0.1, 0.15) is 36.1 Å². The van der Waals surface area contributed by atoms with Crippen molar-refractivity contribution in [1.82, 2.24) is 19.6 Å². The van der Waals surface area contributed by atoms with E-state index in [0.717, 1.165) is 22.6 Å². The number of ether oxygens (including phenoxy) is 3. The van der Waals surface area contributed by atoms with Gasteiger partial charge in [0.05, 0.1) is 52.3 Å². The highest BCUT2D eigenvalue weighted by atomic mass is 28.3. The molecule has 0 radical (unpaired) electrons. The van der Waals surface area contributed by atoms with E-state index >= 15 is 0 Å². The second-order valence-electron chi connectivity index (χ2n) is 14.3.